The number of benzene rings is 1. The summed E-state index contributed by atoms with van der Waals surface area (Å²) in [5.41, 5.74) is 0.104. The third kappa shape index (κ3) is 3.08. The minimum absolute atomic E-state index is 0.0844. The Kier molecular flexibility index (Phi) is 3.97. The number of sulfonamides is 2. The molecule has 1 amide bonds. The topological polar surface area (TPSA) is 126 Å². The third-order valence-corrected chi connectivity index (χ3v) is 6.29. The summed E-state index contributed by atoms with van der Waals surface area (Å²) >= 11 is 0. The molecule has 24 heavy (non-hydrogen) atoms. The van der Waals surface area contributed by atoms with Gasteiger partial charge in [0.15, 0.2) is 0 Å². The van der Waals surface area contributed by atoms with Crippen LogP contribution in [0.4, 0.5) is 11.6 Å². The standard InChI is InChI=1S/C13H12N4O5S2/c18-12-6-9-23(19,20)17(12)10-2-4-11(5-3-10)24(21,22)16-13-14-7-1-8-15-13/h1-5,7-8H,6,9H2,(H,14,15,16). The first-order chi connectivity index (χ1) is 11.3. The Morgan fingerprint density at radius 2 is 1.71 bits per heavy atom. The van der Waals surface area contributed by atoms with Gasteiger partial charge < -0.3 is 0 Å². The molecule has 0 bridgehead atoms. The first kappa shape index (κ1) is 16.3. The highest BCUT2D eigenvalue weighted by Gasteiger charge is 2.36. The molecule has 1 N–H and O–H groups in total. The molecule has 1 fully saturated rings. The lowest BCUT2D eigenvalue weighted by Crippen LogP contribution is -2.29. The van der Waals surface area contributed by atoms with Crippen molar-refractivity contribution in [1.82, 2.24) is 9.97 Å². The normalized spacial score (nSPS) is 17.0. The molecule has 1 aliphatic rings. The second-order valence-corrected chi connectivity index (χ2v) is 8.52. The minimum atomic E-state index is -3.92. The monoisotopic (exact) mass is 368 g/mol. The van der Waals surface area contributed by atoms with E-state index in [9.17, 15) is 21.6 Å². The molecule has 0 aliphatic carbocycles. The summed E-state index contributed by atoms with van der Waals surface area (Å²) in [6, 6.07) is 6.49. The van der Waals surface area contributed by atoms with Crippen molar-refractivity contribution in [3.05, 3.63) is 42.7 Å². The van der Waals surface area contributed by atoms with Gasteiger partial charge in [0.2, 0.25) is 21.9 Å². The van der Waals surface area contributed by atoms with Crippen LogP contribution in [0.1, 0.15) is 6.42 Å². The molecule has 1 aliphatic heterocycles. The largest absolute Gasteiger partial charge is 0.273 e. The van der Waals surface area contributed by atoms with E-state index >= 15 is 0 Å². The molecule has 11 heteroatoms. The fraction of sp³-hybridized carbons (Fsp3) is 0.154. The Labute approximate surface area is 138 Å². The van der Waals surface area contributed by atoms with Gasteiger partial charge in [-0.15, -0.1) is 0 Å². The highest BCUT2D eigenvalue weighted by atomic mass is 32.2. The predicted molar refractivity (Wildman–Crippen MR) is 85.2 cm³/mol. The number of rotatable bonds is 4. The third-order valence-electron chi connectivity index (χ3n) is 3.25. The van der Waals surface area contributed by atoms with Crippen LogP contribution in [0.2, 0.25) is 0 Å². The summed E-state index contributed by atoms with van der Waals surface area (Å²) < 4.78 is 51.1. The van der Waals surface area contributed by atoms with E-state index in [2.05, 4.69) is 14.7 Å². The van der Waals surface area contributed by atoms with Crippen LogP contribution in [0.5, 0.6) is 0 Å². The lowest BCUT2D eigenvalue weighted by atomic mass is 10.3. The van der Waals surface area contributed by atoms with E-state index < -0.39 is 26.0 Å². The van der Waals surface area contributed by atoms with Crippen molar-refractivity contribution >= 4 is 37.6 Å². The predicted octanol–water partition coefficient (Wildman–Crippen LogP) is 0.344. The number of amides is 1. The van der Waals surface area contributed by atoms with Crippen molar-refractivity contribution in [2.24, 2.45) is 0 Å². The van der Waals surface area contributed by atoms with Crippen molar-refractivity contribution in [3.8, 4) is 0 Å². The van der Waals surface area contributed by atoms with E-state index in [1.165, 1.54) is 36.7 Å². The molecule has 126 valence electrons. The van der Waals surface area contributed by atoms with Crippen molar-refractivity contribution < 1.29 is 21.6 Å². The molecular formula is C13H12N4O5S2. The lowest BCUT2D eigenvalue weighted by molar-refractivity contribution is -0.116. The number of hydrogen-bond acceptors (Lipinski definition) is 7. The van der Waals surface area contributed by atoms with Crippen molar-refractivity contribution in [3.63, 3.8) is 0 Å². The number of carbonyl (C=O) groups excluding carboxylic acids is 1. The molecule has 0 unspecified atom stereocenters. The lowest BCUT2D eigenvalue weighted by Gasteiger charge is -2.15. The van der Waals surface area contributed by atoms with Crippen LogP contribution < -0.4 is 9.03 Å². The Hall–Kier alpha value is -2.53. The van der Waals surface area contributed by atoms with E-state index in [4.69, 9.17) is 0 Å². The maximum atomic E-state index is 12.2. The molecular weight excluding hydrogens is 356 g/mol. The van der Waals surface area contributed by atoms with Gasteiger partial charge in [-0.3, -0.25) is 4.79 Å². The summed E-state index contributed by atoms with van der Waals surface area (Å²) in [7, 11) is -7.61. The van der Waals surface area contributed by atoms with E-state index in [0.29, 0.717) is 4.31 Å². The number of aromatic nitrogens is 2. The summed E-state index contributed by atoms with van der Waals surface area (Å²) in [6.45, 7) is 0. The molecule has 0 atom stereocenters. The number of carbonyl (C=O) groups is 1. The van der Waals surface area contributed by atoms with Crippen LogP contribution in [0.25, 0.3) is 0 Å². The van der Waals surface area contributed by atoms with Crippen LogP contribution in [-0.2, 0) is 24.8 Å². The van der Waals surface area contributed by atoms with Crippen LogP contribution in [0, 0.1) is 0 Å². The molecule has 0 radical (unpaired) electrons. The number of nitrogens with zero attached hydrogens (tertiary/aromatic N) is 3. The Morgan fingerprint density at radius 1 is 1.08 bits per heavy atom. The summed E-state index contributed by atoms with van der Waals surface area (Å²) in [6.07, 6.45) is 2.69. The smallest absolute Gasteiger partial charge is 0.264 e. The van der Waals surface area contributed by atoms with Gasteiger partial charge in [-0.2, -0.15) is 0 Å². The molecule has 1 aromatic carbocycles. The number of anilines is 2. The summed E-state index contributed by atoms with van der Waals surface area (Å²) in [5.74, 6) is -0.876. The maximum Gasteiger partial charge on any atom is 0.264 e. The SMILES string of the molecule is O=C1CCS(=O)(=O)N1c1ccc(S(=O)(=O)Nc2ncccn2)cc1. The van der Waals surface area contributed by atoms with Crippen LogP contribution in [0.15, 0.2) is 47.6 Å². The van der Waals surface area contributed by atoms with Gasteiger partial charge in [0, 0.05) is 18.8 Å². The summed E-state index contributed by atoms with van der Waals surface area (Å²) in [5, 5.41) is 0. The van der Waals surface area contributed by atoms with E-state index in [1.54, 1.807) is 6.07 Å². The van der Waals surface area contributed by atoms with Crippen LogP contribution in [-0.4, -0.2) is 38.5 Å². The van der Waals surface area contributed by atoms with Crippen molar-refractivity contribution in [2.75, 3.05) is 14.8 Å². The van der Waals surface area contributed by atoms with Gasteiger partial charge in [-0.25, -0.2) is 35.8 Å². The molecule has 1 aromatic heterocycles. The average molecular weight is 368 g/mol. The molecule has 1 saturated heterocycles. The zero-order valence-electron chi connectivity index (χ0n) is 12.2. The molecule has 2 aromatic rings. The van der Waals surface area contributed by atoms with Gasteiger partial charge in [0.25, 0.3) is 10.0 Å². The van der Waals surface area contributed by atoms with E-state index in [0.717, 1.165) is 0 Å². The van der Waals surface area contributed by atoms with E-state index in [-0.39, 0.29) is 28.7 Å². The molecule has 9 nitrogen and oxygen atoms in total. The highest BCUT2D eigenvalue weighted by Crippen LogP contribution is 2.26. The quantitative estimate of drug-likeness (QED) is 0.824. The first-order valence-electron chi connectivity index (χ1n) is 6.75. The van der Waals surface area contributed by atoms with Crippen molar-refractivity contribution in [1.29, 1.82) is 0 Å². The number of nitrogens with one attached hydrogen (secondary N) is 1. The van der Waals surface area contributed by atoms with Gasteiger partial charge in [0.1, 0.15) is 0 Å². The maximum absolute atomic E-state index is 12.2. The zero-order valence-corrected chi connectivity index (χ0v) is 13.8. The molecule has 0 saturated carbocycles. The zero-order chi connectivity index (χ0) is 17.4. The van der Waals surface area contributed by atoms with Crippen molar-refractivity contribution in [2.45, 2.75) is 11.3 Å². The van der Waals surface area contributed by atoms with Crippen LogP contribution in [0.3, 0.4) is 0 Å². The summed E-state index contributed by atoms with van der Waals surface area (Å²) in [4.78, 5) is 19.1. The van der Waals surface area contributed by atoms with Gasteiger partial charge in [-0.1, -0.05) is 0 Å². The minimum Gasteiger partial charge on any atom is -0.273 e. The Balaban J connectivity index is 1.88. The van der Waals surface area contributed by atoms with Gasteiger partial charge in [0.05, 0.1) is 16.3 Å². The van der Waals surface area contributed by atoms with Gasteiger partial charge >= 0.3 is 0 Å². The Bertz CT molecular complexity index is 973. The second kappa shape index (κ2) is 5.83. The van der Waals surface area contributed by atoms with Gasteiger partial charge in [-0.05, 0) is 30.3 Å². The van der Waals surface area contributed by atoms with Crippen LogP contribution >= 0.6 is 0 Å². The second-order valence-electron chi connectivity index (χ2n) is 4.90. The van der Waals surface area contributed by atoms with E-state index in [1.807, 2.05) is 0 Å². The molecule has 0 spiro atoms. The number of hydrogen-bond donors (Lipinski definition) is 1. The first-order valence-corrected chi connectivity index (χ1v) is 9.85. The average Bonchev–Trinajstić information content (AvgIpc) is 2.81. The fourth-order valence-corrected chi connectivity index (χ4v) is 4.58. The fourth-order valence-electron chi connectivity index (χ4n) is 2.16. The highest BCUT2D eigenvalue weighted by molar-refractivity contribution is 7.94. The molecule has 3 rings (SSSR count). The molecule has 2 heterocycles. The Morgan fingerprint density at radius 3 is 2.25 bits per heavy atom.